The van der Waals surface area contributed by atoms with Crippen molar-refractivity contribution in [3.63, 3.8) is 0 Å². The number of methoxy groups -OCH3 is 2. The van der Waals surface area contributed by atoms with Gasteiger partial charge in [-0.2, -0.15) is 0 Å². The van der Waals surface area contributed by atoms with Gasteiger partial charge in [0, 0.05) is 24.2 Å². The van der Waals surface area contributed by atoms with E-state index < -0.39 is 0 Å². The van der Waals surface area contributed by atoms with Crippen LogP contribution in [0.4, 0.5) is 0 Å². The molecule has 3 aromatic rings. The lowest BCUT2D eigenvalue weighted by atomic mass is 10.1. The molecule has 27 heavy (non-hydrogen) atoms. The fourth-order valence-corrected chi connectivity index (χ4v) is 3.13. The highest BCUT2D eigenvalue weighted by molar-refractivity contribution is 5.98. The smallest absolute Gasteiger partial charge is 0.254 e. The predicted molar refractivity (Wildman–Crippen MR) is 109 cm³/mol. The monoisotopic (exact) mass is 363 g/mol. The number of hydrogen-bond donors (Lipinski definition) is 0. The normalized spacial score (nSPS) is 10.9. The van der Waals surface area contributed by atoms with Gasteiger partial charge in [-0.05, 0) is 54.4 Å². The van der Waals surface area contributed by atoms with Crippen LogP contribution < -0.4 is 9.47 Å². The van der Waals surface area contributed by atoms with Crippen molar-refractivity contribution < 1.29 is 14.3 Å². The van der Waals surface area contributed by atoms with Crippen LogP contribution >= 0.6 is 0 Å². The molecule has 0 radical (unpaired) electrons. The number of nitrogens with zero attached hydrogens (tertiary/aromatic N) is 1. The van der Waals surface area contributed by atoms with Gasteiger partial charge in [0.25, 0.3) is 5.91 Å². The number of fused-ring (bicyclic) bond motifs is 1. The Kier molecular flexibility index (Phi) is 5.65. The van der Waals surface area contributed by atoms with E-state index in [9.17, 15) is 4.79 Å². The molecule has 0 aliphatic heterocycles. The number of hydrogen-bond acceptors (Lipinski definition) is 3. The summed E-state index contributed by atoms with van der Waals surface area (Å²) in [5.41, 5.74) is 1.66. The van der Waals surface area contributed by atoms with Gasteiger partial charge in [0.2, 0.25) is 0 Å². The van der Waals surface area contributed by atoms with Crippen LogP contribution in [0.2, 0.25) is 0 Å². The molecule has 4 heteroatoms. The van der Waals surface area contributed by atoms with Crippen molar-refractivity contribution in [3.05, 3.63) is 71.8 Å². The Morgan fingerprint density at radius 1 is 0.889 bits per heavy atom. The van der Waals surface area contributed by atoms with E-state index in [1.54, 1.807) is 14.2 Å². The molecule has 0 saturated carbocycles. The Labute approximate surface area is 160 Å². The van der Waals surface area contributed by atoms with Gasteiger partial charge in [0.15, 0.2) is 0 Å². The molecule has 3 aromatic carbocycles. The third-order valence-corrected chi connectivity index (χ3v) is 4.64. The molecule has 3 rings (SSSR count). The summed E-state index contributed by atoms with van der Waals surface area (Å²) in [6.45, 7) is 4.53. The molecule has 1 amide bonds. The summed E-state index contributed by atoms with van der Waals surface area (Å²) < 4.78 is 10.7. The number of benzene rings is 3. The topological polar surface area (TPSA) is 38.8 Å². The van der Waals surface area contributed by atoms with Crippen LogP contribution in [0.5, 0.6) is 11.5 Å². The maximum atomic E-state index is 13.2. The third kappa shape index (κ3) is 4.22. The Morgan fingerprint density at radius 2 is 1.52 bits per heavy atom. The molecular weight excluding hydrogens is 338 g/mol. The molecule has 4 nitrogen and oxygen atoms in total. The maximum Gasteiger partial charge on any atom is 0.254 e. The van der Waals surface area contributed by atoms with E-state index in [-0.39, 0.29) is 11.9 Å². The van der Waals surface area contributed by atoms with Crippen molar-refractivity contribution in [1.29, 1.82) is 0 Å². The minimum Gasteiger partial charge on any atom is -0.497 e. The minimum absolute atomic E-state index is 0.0116. The SMILES string of the molecule is COc1cc(CN(C(=O)c2ccc3ccccc3c2)C(C)C)cc(OC)c1. The van der Waals surface area contributed by atoms with Crippen LogP contribution in [0, 0.1) is 0 Å². The fraction of sp³-hybridized carbons (Fsp3) is 0.261. The van der Waals surface area contributed by atoms with Crippen molar-refractivity contribution in [2.75, 3.05) is 14.2 Å². The van der Waals surface area contributed by atoms with Crippen LogP contribution in [0.15, 0.2) is 60.7 Å². The average molecular weight is 363 g/mol. The van der Waals surface area contributed by atoms with E-state index in [1.165, 1.54) is 0 Å². The van der Waals surface area contributed by atoms with Gasteiger partial charge in [0.1, 0.15) is 11.5 Å². The van der Waals surface area contributed by atoms with Crippen molar-refractivity contribution in [3.8, 4) is 11.5 Å². The highest BCUT2D eigenvalue weighted by Gasteiger charge is 2.20. The fourth-order valence-electron chi connectivity index (χ4n) is 3.13. The summed E-state index contributed by atoms with van der Waals surface area (Å²) >= 11 is 0. The van der Waals surface area contributed by atoms with Gasteiger partial charge in [-0.25, -0.2) is 0 Å². The second-order valence-corrected chi connectivity index (χ2v) is 6.81. The highest BCUT2D eigenvalue weighted by atomic mass is 16.5. The standard InChI is InChI=1S/C23H25NO3/c1-16(2)24(15-17-11-21(26-3)14-22(12-17)27-4)23(25)20-10-9-18-7-5-6-8-19(18)13-20/h5-14,16H,15H2,1-4H3. The molecule has 0 atom stereocenters. The van der Waals surface area contributed by atoms with Crippen molar-refractivity contribution in [1.82, 2.24) is 4.90 Å². The van der Waals surface area contributed by atoms with Crippen molar-refractivity contribution in [2.24, 2.45) is 0 Å². The van der Waals surface area contributed by atoms with Gasteiger partial charge in [-0.1, -0.05) is 30.3 Å². The maximum absolute atomic E-state index is 13.2. The Balaban J connectivity index is 1.91. The molecule has 0 saturated heterocycles. The molecule has 0 aliphatic carbocycles. The molecule has 0 unspecified atom stereocenters. The van der Waals surface area contributed by atoms with Gasteiger partial charge < -0.3 is 14.4 Å². The molecule has 0 aromatic heterocycles. The number of ether oxygens (including phenoxy) is 2. The lowest BCUT2D eigenvalue weighted by molar-refractivity contribution is 0.0690. The molecule has 0 heterocycles. The van der Waals surface area contributed by atoms with Crippen LogP contribution in [0.25, 0.3) is 10.8 Å². The molecular formula is C23H25NO3. The Hall–Kier alpha value is -3.01. The first kappa shape index (κ1) is 18.8. The van der Waals surface area contributed by atoms with Gasteiger partial charge >= 0.3 is 0 Å². The van der Waals surface area contributed by atoms with E-state index in [2.05, 4.69) is 0 Å². The zero-order valence-corrected chi connectivity index (χ0v) is 16.2. The van der Waals surface area contributed by atoms with E-state index in [0.717, 1.165) is 16.3 Å². The van der Waals surface area contributed by atoms with Crippen LogP contribution in [-0.4, -0.2) is 31.1 Å². The molecule has 140 valence electrons. The molecule has 0 spiro atoms. The zero-order valence-electron chi connectivity index (χ0n) is 16.2. The summed E-state index contributed by atoms with van der Waals surface area (Å²) in [5, 5.41) is 2.19. The molecule has 0 aliphatic rings. The summed E-state index contributed by atoms with van der Waals surface area (Å²) in [6, 6.07) is 19.7. The van der Waals surface area contributed by atoms with Crippen molar-refractivity contribution >= 4 is 16.7 Å². The number of amides is 1. The third-order valence-electron chi connectivity index (χ3n) is 4.64. The number of carbonyl (C=O) groups excluding carboxylic acids is 1. The van der Waals surface area contributed by atoms with E-state index in [4.69, 9.17) is 9.47 Å². The lowest BCUT2D eigenvalue weighted by Gasteiger charge is -2.27. The molecule has 0 bridgehead atoms. The first-order chi connectivity index (χ1) is 13.0. The quantitative estimate of drug-likeness (QED) is 0.625. The average Bonchev–Trinajstić information content (AvgIpc) is 2.70. The van der Waals surface area contributed by atoms with Crippen LogP contribution in [0.3, 0.4) is 0 Å². The van der Waals surface area contributed by atoms with E-state index in [0.29, 0.717) is 23.6 Å². The summed E-state index contributed by atoms with van der Waals surface area (Å²) in [6.07, 6.45) is 0. The summed E-state index contributed by atoms with van der Waals surface area (Å²) in [4.78, 5) is 15.1. The first-order valence-electron chi connectivity index (χ1n) is 9.03. The zero-order chi connectivity index (χ0) is 19.4. The summed E-state index contributed by atoms with van der Waals surface area (Å²) in [5.74, 6) is 1.44. The second-order valence-electron chi connectivity index (χ2n) is 6.81. The largest absolute Gasteiger partial charge is 0.497 e. The number of rotatable bonds is 6. The predicted octanol–water partition coefficient (Wildman–Crippen LogP) is 4.91. The second kappa shape index (κ2) is 8.12. The number of carbonyl (C=O) groups is 1. The van der Waals surface area contributed by atoms with Crippen molar-refractivity contribution in [2.45, 2.75) is 26.4 Å². The van der Waals surface area contributed by atoms with Gasteiger partial charge in [-0.3, -0.25) is 4.79 Å². The lowest BCUT2D eigenvalue weighted by Crippen LogP contribution is -2.36. The van der Waals surface area contributed by atoms with Crippen LogP contribution in [-0.2, 0) is 6.54 Å². The van der Waals surface area contributed by atoms with Gasteiger partial charge in [0.05, 0.1) is 14.2 Å². The Bertz CT molecular complexity index is 927. The minimum atomic E-state index is 0.0116. The van der Waals surface area contributed by atoms with Gasteiger partial charge in [-0.15, -0.1) is 0 Å². The van der Waals surface area contributed by atoms with E-state index in [1.807, 2.05) is 79.4 Å². The molecule has 0 fully saturated rings. The van der Waals surface area contributed by atoms with Crippen LogP contribution in [0.1, 0.15) is 29.8 Å². The van der Waals surface area contributed by atoms with E-state index >= 15 is 0 Å². The Morgan fingerprint density at radius 3 is 2.11 bits per heavy atom. The molecule has 0 N–H and O–H groups in total. The first-order valence-corrected chi connectivity index (χ1v) is 9.03. The highest BCUT2D eigenvalue weighted by Crippen LogP contribution is 2.25. The summed E-state index contributed by atoms with van der Waals surface area (Å²) in [7, 11) is 3.25.